The van der Waals surface area contributed by atoms with E-state index in [1.54, 1.807) is 13.2 Å². The minimum Gasteiger partial charge on any atom is -0.382 e. The SMILES string of the molecule is COCCOCCCNC(=O)/C=C\c1ccc2c(c1)CCCN2C. The monoisotopic (exact) mass is 332 g/mol. The molecule has 5 heteroatoms. The number of aryl methyl sites for hydroxylation is 1. The van der Waals surface area contributed by atoms with Gasteiger partial charge in [-0.1, -0.05) is 6.07 Å². The highest BCUT2D eigenvalue weighted by Gasteiger charge is 2.12. The number of anilines is 1. The molecule has 1 aliphatic rings. The lowest BCUT2D eigenvalue weighted by Gasteiger charge is -2.27. The molecule has 1 aromatic rings. The van der Waals surface area contributed by atoms with E-state index in [-0.39, 0.29) is 5.91 Å². The van der Waals surface area contributed by atoms with Crippen LogP contribution in [0.15, 0.2) is 24.3 Å². The van der Waals surface area contributed by atoms with Gasteiger partial charge in [0.15, 0.2) is 0 Å². The number of ether oxygens (including phenoxy) is 2. The van der Waals surface area contributed by atoms with E-state index in [0.717, 1.165) is 24.9 Å². The number of hydrogen-bond acceptors (Lipinski definition) is 4. The van der Waals surface area contributed by atoms with Crippen molar-refractivity contribution in [2.45, 2.75) is 19.3 Å². The zero-order chi connectivity index (χ0) is 17.2. The van der Waals surface area contributed by atoms with Crippen molar-refractivity contribution in [1.29, 1.82) is 0 Å². The summed E-state index contributed by atoms with van der Waals surface area (Å²) in [7, 11) is 3.77. The first-order valence-corrected chi connectivity index (χ1v) is 8.57. The number of nitrogens with zero attached hydrogens (tertiary/aromatic N) is 1. The quantitative estimate of drug-likeness (QED) is 0.557. The summed E-state index contributed by atoms with van der Waals surface area (Å²) in [6, 6.07) is 6.38. The van der Waals surface area contributed by atoms with E-state index in [1.807, 2.05) is 6.08 Å². The van der Waals surface area contributed by atoms with Gasteiger partial charge in [-0.15, -0.1) is 0 Å². The predicted molar refractivity (Wildman–Crippen MR) is 97.4 cm³/mol. The maximum atomic E-state index is 11.8. The van der Waals surface area contributed by atoms with E-state index in [2.05, 4.69) is 35.5 Å². The number of benzene rings is 1. The fraction of sp³-hybridized carbons (Fsp3) is 0.526. The van der Waals surface area contributed by atoms with Crippen molar-refractivity contribution >= 4 is 17.7 Å². The van der Waals surface area contributed by atoms with Gasteiger partial charge in [-0.05, 0) is 48.6 Å². The summed E-state index contributed by atoms with van der Waals surface area (Å²) in [4.78, 5) is 14.1. The molecule has 1 aromatic carbocycles. The normalized spacial score (nSPS) is 14.0. The molecular formula is C19H28N2O3. The smallest absolute Gasteiger partial charge is 0.244 e. The number of methoxy groups -OCH3 is 1. The van der Waals surface area contributed by atoms with Gasteiger partial charge in [-0.2, -0.15) is 0 Å². The zero-order valence-corrected chi connectivity index (χ0v) is 14.7. The van der Waals surface area contributed by atoms with Gasteiger partial charge in [-0.25, -0.2) is 0 Å². The van der Waals surface area contributed by atoms with Crippen molar-refractivity contribution in [2.75, 3.05) is 52.0 Å². The highest BCUT2D eigenvalue weighted by Crippen LogP contribution is 2.27. The molecule has 2 rings (SSSR count). The largest absolute Gasteiger partial charge is 0.382 e. The van der Waals surface area contributed by atoms with Crippen molar-refractivity contribution in [3.05, 3.63) is 35.4 Å². The van der Waals surface area contributed by atoms with Gasteiger partial charge >= 0.3 is 0 Å². The summed E-state index contributed by atoms with van der Waals surface area (Å²) in [5.74, 6) is -0.0678. The molecule has 0 unspecified atom stereocenters. The molecule has 0 aromatic heterocycles. The maximum Gasteiger partial charge on any atom is 0.244 e. The standard InChI is InChI=1S/C19H28N2O3/c1-21-11-3-5-17-15-16(6-8-18(17)21)7-9-19(22)20-10-4-12-24-14-13-23-2/h6-9,15H,3-5,10-14H2,1-2H3,(H,20,22)/b9-7-. The first kappa shape index (κ1) is 18.5. The van der Waals surface area contributed by atoms with Gasteiger partial charge in [-0.3, -0.25) is 4.79 Å². The van der Waals surface area contributed by atoms with Crippen LogP contribution in [0.4, 0.5) is 5.69 Å². The second-order valence-corrected chi connectivity index (χ2v) is 6.00. The third kappa shape index (κ3) is 5.98. The average molecular weight is 332 g/mol. The Morgan fingerprint density at radius 3 is 3.04 bits per heavy atom. The number of amides is 1. The minimum absolute atomic E-state index is 0.0678. The van der Waals surface area contributed by atoms with Gasteiger partial charge in [0.25, 0.3) is 0 Å². The Bertz CT molecular complexity index is 558. The fourth-order valence-electron chi connectivity index (χ4n) is 2.77. The Balaban J connectivity index is 1.72. The third-order valence-corrected chi connectivity index (χ3v) is 4.08. The lowest BCUT2D eigenvalue weighted by atomic mass is 9.99. The Labute approximate surface area is 144 Å². The molecule has 1 aliphatic heterocycles. The lowest BCUT2D eigenvalue weighted by molar-refractivity contribution is -0.116. The molecule has 0 spiro atoms. The molecule has 0 bridgehead atoms. The van der Waals surface area contributed by atoms with Crippen LogP contribution in [-0.2, 0) is 20.7 Å². The van der Waals surface area contributed by atoms with E-state index in [0.29, 0.717) is 26.4 Å². The molecule has 5 nitrogen and oxygen atoms in total. The van der Waals surface area contributed by atoms with Crippen LogP contribution in [0.25, 0.3) is 6.08 Å². The van der Waals surface area contributed by atoms with Crippen LogP contribution < -0.4 is 10.2 Å². The average Bonchev–Trinajstić information content (AvgIpc) is 2.59. The summed E-state index contributed by atoms with van der Waals surface area (Å²) < 4.78 is 10.2. The fourth-order valence-corrected chi connectivity index (χ4v) is 2.77. The van der Waals surface area contributed by atoms with Crippen LogP contribution in [0.1, 0.15) is 24.0 Å². The van der Waals surface area contributed by atoms with Crippen LogP contribution in [-0.4, -0.2) is 53.0 Å². The van der Waals surface area contributed by atoms with Crippen LogP contribution in [0, 0.1) is 0 Å². The van der Waals surface area contributed by atoms with Crippen molar-refractivity contribution in [1.82, 2.24) is 5.32 Å². The van der Waals surface area contributed by atoms with Gasteiger partial charge in [0.2, 0.25) is 5.91 Å². The van der Waals surface area contributed by atoms with Crippen LogP contribution in [0.3, 0.4) is 0 Å². The molecule has 0 saturated heterocycles. The molecule has 132 valence electrons. The Morgan fingerprint density at radius 2 is 2.21 bits per heavy atom. The van der Waals surface area contributed by atoms with Crippen LogP contribution >= 0.6 is 0 Å². The molecule has 0 aliphatic carbocycles. The second kappa shape index (κ2) is 10.1. The predicted octanol–water partition coefficient (Wildman–Crippen LogP) is 2.25. The Kier molecular flexibility index (Phi) is 7.79. The molecule has 1 heterocycles. The molecule has 0 atom stereocenters. The third-order valence-electron chi connectivity index (χ3n) is 4.08. The highest BCUT2D eigenvalue weighted by molar-refractivity contribution is 5.91. The lowest BCUT2D eigenvalue weighted by Crippen LogP contribution is -2.24. The molecule has 0 radical (unpaired) electrons. The Morgan fingerprint density at radius 1 is 1.33 bits per heavy atom. The number of fused-ring (bicyclic) bond motifs is 1. The van der Waals surface area contributed by atoms with Gasteiger partial charge in [0, 0.05) is 45.6 Å². The highest BCUT2D eigenvalue weighted by atomic mass is 16.5. The molecule has 0 fully saturated rings. The number of hydrogen-bond donors (Lipinski definition) is 1. The van der Waals surface area contributed by atoms with Crippen molar-refractivity contribution in [3.8, 4) is 0 Å². The van der Waals surface area contributed by atoms with Crippen molar-refractivity contribution < 1.29 is 14.3 Å². The summed E-state index contributed by atoms with van der Waals surface area (Å²) >= 11 is 0. The van der Waals surface area contributed by atoms with E-state index in [1.165, 1.54) is 17.7 Å². The topological polar surface area (TPSA) is 50.8 Å². The molecule has 0 saturated carbocycles. The Hall–Kier alpha value is -1.85. The molecule has 24 heavy (non-hydrogen) atoms. The maximum absolute atomic E-state index is 11.8. The van der Waals surface area contributed by atoms with E-state index in [9.17, 15) is 4.79 Å². The van der Waals surface area contributed by atoms with Crippen LogP contribution in [0.5, 0.6) is 0 Å². The van der Waals surface area contributed by atoms with Crippen molar-refractivity contribution in [3.63, 3.8) is 0 Å². The number of carbonyl (C=O) groups excluding carboxylic acids is 1. The van der Waals surface area contributed by atoms with Gasteiger partial charge in [0.05, 0.1) is 13.2 Å². The van der Waals surface area contributed by atoms with Crippen LogP contribution in [0.2, 0.25) is 0 Å². The summed E-state index contributed by atoms with van der Waals surface area (Å²) in [6.45, 7) is 3.56. The summed E-state index contributed by atoms with van der Waals surface area (Å²) in [5, 5.41) is 2.87. The van der Waals surface area contributed by atoms with E-state index in [4.69, 9.17) is 9.47 Å². The zero-order valence-electron chi connectivity index (χ0n) is 14.7. The second-order valence-electron chi connectivity index (χ2n) is 6.00. The van der Waals surface area contributed by atoms with Crippen molar-refractivity contribution in [2.24, 2.45) is 0 Å². The number of nitrogens with one attached hydrogen (secondary N) is 1. The minimum atomic E-state index is -0.0678. The van der Waals surface area contributed by atoms with Gasteiger partial charge < -0.3 is 19.7 Å². The molecule has 1 amide bonds. The summed E-state index contributed by atoms with van der Waals surface area (Å²) in [5.41, 5.74) is 3.73. The van der Waals surface area contributed by atoms with E-state index < -0.39 is 0 Å². The van der Waals surface area contributed by atoms with E-state index >= 15 is 0 Å². The number of carbonyl (C=O) groups is 1. The summed E-state index contributed by atoms with van der Waals surface area (Å²) in [6.07, 6.45) is 6.56. The molecule has 1 N–H and O–H groups in total. The first-order valence-electron chi connectivity index (χ1n) is 8.57. The molecular weight excluding hydrogens is 304 g/mol. The first-order chi connectivity index (χ1) is 11.7. The number of rotatable bonds is 9. The van der Waals surface area contributed by atoms with Gasteiger partial charge in [0.1, 0.15) is 0 Å².